The Morgan fingerprint density at radius 3 is 2.59 bits per heavy atom. The molecule has 1 aromatic heterocycles. The molecule has 0 spiro atoms. The maximum Gasteiger partial charge on any atom is 0.125 e. The predicted molar refractivity (Wildman–Crippen MR) is 65.8 cm³/mol. The van der Waals surface area contributed by atoms with E-state index >= 15 is 0 Å². The SMILES string of the molecule is Cc1cc(C)n(-c2cc(F)cc(CCN)c2)n1. The first-order valence-electron chi connectivity index (χ1n) is 5.63. The lowest BCUT2D eigenvalue weighted by molar-refractivity contribution is 0.622. The second-order valence-corrected chi connectivity index (χ2v) is 4.20. The summed E-state index contributed by atoms with van der Waals surface area (Å²) in [5.74, 6) is -0.251. The van der Waals surface area contributed by atoms with Gasteiger partial charge in [0.25, 0.3) is 0 Å². The summed E-state index contributed by atoms with van der Waals surface area (Å²) in [5, 5.41) is 4.34. The van der Waals surface area contributed by atoms with E-state index in [9.17, 15) is 4.39 Å². The Hall–Kier alpha value is -1.68. The topological polar surface area (TPSA) is 43.8 Å². The molecule has 0 radical (unpaired) electrons. The van der Waals surface area contributed by atoms with Gasteiger partial charge in [0, 0.05) is 5.69 Å². The van der Waals surface area contributed by atoms with Gasteiger partial charge in [-0.25, -0.2) is 9.07 Å². The van der Waals surface area contributed by atoms with Crippen LogP contribution in [0.25, 0.3) is 5.69 Å². The van der Waals surface area contributed by atoms with E-state index in [1.54, 1.807) is 4.68 Å². The Balaban J connectivity index is 2.48. The van der Waals surface area contributed by atoms with Crippen LogP contribution in [0.4, 0.5) is 4.39 Å². The zero-order valence-corrected chi connectivity index (χ0v) is 10.1. The highest BCUT2D eigenvalue weighted by atomic mass is 19.1. The fraction of sp³-hybridized carbons (Fsp3) is 0.308. The molecule has 0 aliphatic carbocycles. The Labute approximate surface area is 100 Å². The maximum atomic E-state index is 13.5. The van der Waals surface area contributed by atoms with Crippen molar-refractivity contribution in [3.63, 3.8) is 0 Å². The van der Waals surface area contributed by atoms with E-state index in [4.69, 9.17) is 5.73 Å². The maximum absolute atomic E-state index is 13.5. The molecule has 1 heterocycles. The summed E-state index contributed by atoms with van der Waals surface area (Å²) in [5.41, 5.74) is 9.05. The normalized spacial score (nSPS) is 10.8. The van der Waals surface area contributed by atoms with Crippen molar-refractivity contribution in [3.8, 4) is 5.69 Å². The molecule has 17 heavy (non-hydrogen) atoms. The van der Waals surface area contributed by atoms with Gasteiger partial charge in [-0.05, 0) is 56.6 Å². The van der Waals surface area contributed by atoms with Crippen molar-refractivity contribution < 1.29 is 4.39 Å². The summed E-state index contributed by atoms with van der Waals surface area (Å²) in [7, 11) is 0. The lowest BCUT2D eigenvalue weighted by Gasteiger charge is -2.07. The van der Waals surface area contributed by atoms with Crippen LogP contribution in [-0.2, 0) is 6.42 Å². The van der Waals surface area contributed by atoms with E-state index in [-0.39, 0.29) is 5.82 Å². The largest absolute Gasteiger partial charge is 0.330 e. The third-order valence-electron chi connectivity index (χ3n) is 2.63. The number of hydrogen-bond donors (Lipinski definition) is 1. The number of rotatable bonds is 3. The molecule has 0 bridgehead atoms. The first-order chi connectivity index (χ1) is 8.10. The average Bonchev–Trinajstić information content (AvgIpc) is 2.57. The van der Waals surface area contributed by atoms with Crippen molar-refractivity contribution in [2.24, 2.45) is 5.73 Å². The molecule has 1 aromatic carbocycles. The highest BCUT2D eigenvalue weighted by Crippen LogP contribution is 2.16. The quantitative estimate of drug-likeness (QED) is 0.882. The minimum Gasteiger partial charge on any atom is -0.330 e. The Morgan fingerprint density at radius 1 is 1.24 bits per heavy atom. The molecule has 0 unspecified atom stereocenters. The zero-order chi connectivity index (χ0) is 12.4. The fourth-order valence-corrected chi connectivity index (χ4v) is 1.96. The molecule has 3 nitrogen and oxygen atoms in total. The molecule has 0 saturated heterocycles. The number of hydrogen-bond acceptors (Lipinski definition) is 2. The molecule has 0 amide bonds. The van der Waals surface area contributed by atoms with Crippen LogP contribution in [0.5, 0.6) is 0 Å². The molecule has 4 heteroatoms. The summed E-state index contributed by atoms with van der Waals surface area (Å²) in [6, 6.07) is 6.89. The van der Waals surface area contributed by atoms with Gasteiger partial charge >= 0.3 is 0 Å². The summed E-state index contributed by atoms with van der Waals surface area (Å²) in [6.45, 7) is 4.39. The van der Waals surface area contributed by atoms with E-state index in [1.165, 1.54) is 12.1 Å². The second-order valence-electron chi connectivity index (χ2n) is 4.20. The minimum absolute atomic E-state index is 0.251. The van der Waals surface area contributed by atoms with Crippen LogP contribution < -0.4 is 5.73 Å². The summed E-state index contributed by atoms with van der Waals surface area (Å²) in [4.78, 5) is 0. The van der Waals surface area contributed by atoms with Crippen LogP contribution in [0.3, 0.4) is 0 Å². The summed E-state index contributed by atoms with van der Waals surface area (Å²) in [6.07, 6.45) is 0.671. The molecule has 0 fully saturated rings. The number of benzene rings is 1. The van der Waals surface area contributed by atoms with E-state index in [1.807, 2.05) is 26.0 Å². The Bertz CT molecular complexity index is 531. The van der Waals surface area contributed by atoms with E-state index in [2.05, 4.69) is 5.10 Å². The smallest absolute Gasteiger partial charge is 0.125 e. The Morgan fingerprint density at radius 2 is 2.00 bits per heavy atom. The predicted octanol–water partition coefficient (Wildman–Crippen LogP) is 2.13. The molecular formula is C13H16FN3. The van der Waals surface area contributed by atoms with E-state index < -0.39 is 0 Å². The van der Waals surface area contributed by atoms with Crippen molar-refractivity contribution >= 4 is 0 Å². The van der Waals surface area contributed by atoms with Gasteiger partial charge in [0.1, 0.15) is 5.82 Å². The van der Waals surface area contributed by atoms with Gasteiger partial charge in [0.15, 0.2) is 0 Å². The van der Waals surface area contributed by atoms with Gasteiger partial charge in [-0.3, -0.25) is 0 Å². The molecule has 0 aliphatic rings. The van der Waals surface area contributed by atoms with Crippen molar-refractivity contribution in [1.82, 2.24) is 9.78 Å². The highest BCUT2D eigenvalue weighted by molar-refractivity contribution is 5.38. The first kappa shape index (κ1) is 11.8. The number of nitrogens with zero attached hydrogens (tertiary/aromatic N) is 2. The molecule has 0 aliphatic heterocycles. The Kier molecular flexibility index (Phi) is 3.24. The molecule has 2 N–H and O–H groups in total. The van der Waals surface area contributed by atoms with Gasteiger partial charge < -0.3 is 5.73 Å². The monoisotopic (exact) mass is 233 g/mol. The fourth-order valence-electron chi connectivity index (χ4n) is 1.96. The van der Waals surface area contributed by atoms with Gasteiger partial charge in [-0.15, -0.1) is 0 Å². The van der Waals surface area contributed by atoms with Crippen LogP contribution in [0, 0.1) is 19.7 Å². The minimum atomic E-state index is -0.251. The third-order valence-corrected chi connectivity index (χ3v) is 2.63. The van der Waals surface area contributed by atoms with Gasteiger partial charge in [-0.2, -0.15) is 5.10 Å². The standard InChI is InChI=1S/C13H16FN3/c1-9-5-10(2)17(16-9)13-7-11(3-4-15)6-12(14)8-13/h5-8H,3-4,15H2,1-2H3. The summed E-state index contributed by atoms with van der Waals surface area (Å²) < 4.78 is 15.2. The zero-order valence-electron chi connectivity index (χ0n) is 10.1. The van der Waals surface area contributed by atoms with Crippen LogP contribution in [0.15, 0.2) is 24.3 Å². The molecular weight excluding hydrogens is 217 g/mol. The van der Waals surface area contributed by atoms with Crippen molar-refractivity contribution in [1.29, 1.82) is 0 Å². The van der Waals surface area contributed by atoms with Crippen LogP contribution in [-0.4, -0.2) is 16.3 Å². The molecule has 0 saturated carbocycles. The number of aromatic nitrogens is 2. The van der Waals surface area contributed by atoms with Crippen LogP contribution in [0.1, 0.15) is 17.0 Å². The van der Waals surface area contributed by atoms with Crippen molar-refractivity contribution in [2.75, 3.05) is 6.54 Å². The lowest BCUT2D eigenvalue weighted by Crippen LogP contribution is -2.05. The number of aryl methyl sites for hydroxylation is 2. The van der Waals surface area contributed by atoms with Gasteiger partial charge in [-0.1, -0.05) is 0 Å². The second kappa shape index (κ2) is 4.67. The van der Waals surface area contributed by atoms with E-state index in [0.29, 0.717) is 13.0 Å². The average molecular weight is 233 g/mol. The molecule has 90 valence electrons. The van der Waals surface area contributed by atoms with Crippen molar-refractivity contribution in [2.45, 2.75) is 20.3 Å². The van der Waals surface area contributed by atoms with Crippen molar-refractivity contribution in [3.05, 3.63) is 47.0 Å². The van der Waals surface area contributed by atoms with Gasteiger partial charge in [0.05, 0.1) is 11.4 Å². The van der Waals surface area contributed by atoms with E-state index in [0.717, 1.165) is 22.6 Å². The van der Waals surface area contributed by atoms with Crippen LogP contribution in [0.2, 0.25) is 0 Å². The highest BCUT2D eigenvalue weighted by Gasteiger charge is 2.06. The molecule has 2 rings (SSSR count). The first-order valence-corrected chi connectivity index (χ1v) is 5.63. The molecule has 2 aromatic rings. The van der Waals surface area contributed by atoms with Crippen LogP contribution >= 0.6 is 0 Å². The number of nitrogens with two attached hydrogens (primary N) is 1. The third kappa shape index (κ3) is 2.53. The van der Waals surface area contributed by atoms with Gasteiger partial charge in [0.2, 0.25) is 0 Å². The number of halogens is 1. The molecule has 0 atom stereocenters. The lowest BCUT2D eigenvalue weighted by atomic mass is 10.1. The summed E-state index contributed by atoms with van der Waals surface area (Å²) >= 11 is 0.